The van der Waals surface area contributed by atoms with E-state index in [-0.39, 0.29) is 11.2 Å². The summed E-state index contributed by atoms with van der Waals surface area (Å²) in [6.07, 6.45) is 1.77. The molecule has 3 aromatic rings. The summed E-state index contributed by atoms with van der Waals surface area (Å²) in [7, 11) is -0.401. The normalized spacial score (nSPS) is 18.0. The molecule has 1 aliphatic rings. The molecule has 0 aliphatic carbocycles. The van der Waals surface area contributed by atoms with Crippen LogP contribution in [0.3, 0.4) is 0 Å². The van der Waals surface area contributed by atoms with Crippen LogP contribution in [0.1, 0.15) is 33.3 Å². The van der Waals surface area contributed by atoms with Gasteiger partial charge in [-0.1, -0.05) is 36.4 Å². The van der Waals surface area contributed by atoms with Crippen LogP contribution in [0.2, 0.25) is 0 Å². The standard InChI is InChI=1S/C22H24BNO3/c1-21(2)22(3,4)27-23(26-21)17-10-11-19-18(14-17)20(12-13-24-19)25-15-16-8-6-5-7-9-16/h5-14H,15H2,1-4H3. The van der Waals surface area contributed by atoms with Gasteiger partial charge in [-0.3, -0.25) is 4.98 Å². The number of aromatic nitrogens is 1. The SMILES string of the molecule is CC1(C)OB(c2ccc3nccc(OCc4ccccc4)c3c2)OC1(C)C. The topological polar surface area (TPSA) is 40.6 Å². The average Bonchev–Trinajstić information content (AvgIpc) is 2.88. The summed E-state index contributed by atoms with van der Waals surface area (Å²) in [5.41, 5.74) is 2.26. The van der Waals surface area contributed by atoms with E-state index >= 15 is 0 Å². The largest absolute Gasteiger partial charge is 0.494 e. The summed E-state index contributed by atoms with van der Waals surface area (Å²) < 4.78 is 18.5. The minimum absolute atomic E-state index is 0.367. The Morgan fingerprint density at radius 3 is 2.33 bits per heavy atom. The van der Waals surface area contributed by atoms with Crippen molar-refractivity contribution >= 4 is 23.5 Å². The van der Waals surface area contributed by atoms with Gasteiger partial charge in [0, 0.05) is 11.6 Å². The number of pyridine rings is 1. The Kier molecular flexibility index (Phi) is 4.45. The van der Waals surface area contributed by atoms with E-state index in [1.807, 2.05) is 36.4 Å². The third-order valence-electron chi connectivity index (χ3n) is 5.49. The highest BCUT2D eigenvalue weighted by molar-refractivity contribution is 6.62. The van der Waals surface area contributed by atoms with Crippen LogP contribution >= 0.6 is 0 Å². The molecular weight excluding hydrogens is 337 g/mol. The summed E-state index contributed by atoms with van der Waals surface area (Å²) in [6.45, 7) is 8.75. The lowest BCUT2D eigenvalue weighted by Gasteiger charge is -2.32. The van der Waals surface area contributed by atoms with Crippen molar-refractivity contribution in [1.82, 2.24) is 4.98 Å². The Hall–Kier alpha value is -2.37. The summed E-state index contributed by atoms with van der Waals surface area (Å²) >= 11 is 0. The molecule has 138 valence electrons. The highest BCUT2D eigenvalue weighted by Gasteiger charge is 2.51. The Morgan fingerprint density at radius 2 is 1.63 bits per heavy atom. The zero-order valence-electron chi connectivity index (χ0n) is 16.2. The van der Waals surface area contributed by atoms with Crippen LogP contribution < -0.4 is 10.2 Å². The molecule has 0 atom stereocenters. The van der Waals surface area contributed by atoms with Gasteiger partial charge in [0.2, 0.25) is 0 Å². The van der Waals surface area contributed by atoms with Gasteiger partial charge >= 0.3 is 7.12 Å². The molecular formula is C22H24BNO3. The Bertz CT molecular complexity index is 940. The van der Waals surface area contributed by atoms with Crippen LogP contribution in [0.4, 0.5) is 0 Å². The fraction of sp³-hybridized carbons (Fsp3) is 0.318. The van der Waals surface area contributed by atoms with Gasteiger partial charge in [0.1, 0.15) is 12.4 Å². The van der Waals surface area contributed by atoms with E-state index in [2.05, 4.69) is 50.9 Å². The van der Waals surface area contributed by atoms with Crippen LogP contribution in [0.5, 0.6) is 5.75 Å². The number of benzene rings is 2. The first-order valence-corrected chi connectivity index (χ1v) is 9.27. The van der Waals surface area contributed by atoms with Crippen molar-refractivity contribution in [2.75, 3.05) is 0 Å². The first-order chi connectivity index (χ1) is 12.9. The third-order valence-corrected chi connectivity index (χ3v) is 5.49. The highest BCUT2D eigenvalue weighted by Crippen LogP contribution is 2.36. The second kappa shape index (κ2) is 6.66. The second-order valence-electron chi connectivity index (χ2n) is 7.95. The van der Waals surface area contributed by atoms with Crippen LogP contribution in [0, 0.1) is 0 Å². The van der Waals surface area contributed by atoms with Crippen molar-refractivity contribution in [3.05, 3.63) is 66.4 Å². The lowest BCUT2D eigenvalue weighted by atomic mass is 9.78. The minimum atomic E-state index is -0.401. The quantitative estimate of drug-likeness (QED) is 0.656. The van der Waals surface area contributed by atoms with Crippen molar-refractivity contribution in [2.45, 2.75) is 45.5 Å². The molecule has 2 heterocycles. The molecule has 1 saturated heterocycles. The molecule has 0 unspecified atom stereocenters. The number of hydrogen-bond donors (Lipinski definition) is 0. The van der Waals surface area contributed by atoms with Gasteiger partial charge in [-0.2, -0.15) is 0 Å². The lowest BCUT2D eigenvalue weighted by Crippen LogP contribution is -2.41. The van der Waals surface area contributed by atoms with Crippen LogP contribution in [-0.2, 0) is 15.9 Å². The molecule has 0 bridgehead atoms. The summed E-state index contributed by atoms with van der Waals surface area (Å²) in [6, 6.07) is 18.1. The molecule has 0 spiro atoms. The van der Waals surface area contributed by atoms with Crippen molar-refractivity contribution in [2.24, 2.45) is 0 Å². The minimum Gasteiger partial charge on any atom is -0.488 e. The van der Waals surface area contributed by atoms with Gasteiger partial charge in [0.25, 0.3) is 0 Å². The Labute approximate surface area is 160 Å². The van der Waals surface area contributed by atoms with E-state index in [0.29, 0.717) is 6.61 Å². The summed E-state index contributed by atoms with van der Waals surface area (Å²) in [4.78, 5) is 4.46. The Balaban J connectivity index is 1.64. The maximum atomic E-state index is 6.18. The van der Waals surface area contributed by atoms with Gasteiger partial charge in [-0.15, -0.1) is 0 Å². The van der Waals surface area contributed by atoms with Gasteiger partial charge in [0.15, 0.2) is 0 Å². The average molecular weight is 361 g/mol. The predicted molar refractivity (Wildman–Crippen MR) is 108 cm³/mol. The first kappa shape index (κ1) is 18.0. The van der Waals surface area contributed by atoms with Crippen LogP contribution in [0.15, 0.2) is 60.8 Å². The molecule has 4 nitrogen and oxygen atoms in total. The molecule has 0 amide bonds. The van der Waals surface area contributed by atoms with E-state index in [4.69, 9.17) is 14.0 Å². The molecule has 0 radical (unpaired) electrons. The van der Waals surface area contributed by atoms with Crippen molar-refractivity contribution in [3.8, 4) is 5.75 Å². The Morgan fingerprint density at radius 1 is 0.926 bits per heavy atom. The molecule has 1 fully saturated rings. The highest BCUT2D eigenvalue weighted by atomic mass is 16.7. The molecule has 5 heteroatoms. The van der Waals surface area contributed by atoms with E-state index in [1.54, 1.807) is 6.20 Å². The number of rotatable bonds is 4. The number of ether oxygens (including phenoxy) is 1. The van der Waals surface area contributed by atoms with Crippen molar-refractivity contribution < 1.29 is 14.0 Å². The summed E-state index contributed by atoms with van der Waals surface area (Å²) in [5, 5.41) is 0.959. The maximum absolute atomic E-state index is 6.18. The first-order valence-electron chi connectivity index (χ1n) is 9.27. The molecule has 1 aliphatic heterocycles. The van der Waals surface area contributed by atoms with Crippen LogP contribution in [0.25, 0.3) is 10.9 Å². The molecule has 2 aromatic carbocycles. The molecule has 4 rings (SSSR count). The zero-order chi connectivity index (χ0) is 19.1. The fourth-order valence-corrected chi connectivity index (χ4v) is 3.13. The smallest absolute Gasteiger partial charge is 0.488 e. The lowest BCUT2D eigenvalue weighted by molar-refractivity contribution is 0.00578. The van der Waals surface area contributed by atoms with Crippen molar-refractivity contribution in [1.29, 1.82) is 0 Å². The van der Waals surface area contributed by atoms with Gasteiger partial charge in [-0.05, 0) is 56.9 Å². The number of nitrogens with zero attached hydrogens (tertiary/aromatic N) is 1. The summed E-state index contributed by atoms with van der Waals surface area (Å²) in [5.74, 6) is 0.808. The zero-order valence-corrected chi connectivity index (χ0v) is 16.2. The predicted octanol–water partition coefficient (Wildman–Crippen LogP) is 4.11. The molecule has 0 N–H and O–H groups in total. The van der Waals surface area contributed by atoms with E-state index in [9.17, 15) is 0 Å². The second-order valence-corrected chi connectivity index (χ2v) is 7.95. The van der Waals surface area contributed by atoms with Gasteiger partial charge < -0.3 is 14.0 Å². The van der Waals surface area contributed by atoms with Crippen LogP contribution in [-0.4, -0.2) is 23.3 Å². The van der Waals surface area contributed by atoms with E-state index < -0.39 is 7.12 Å². The number of fused-ring (bicyclic) bond motifs is 1. The monoisotopic (exact) mass is 361 g/mol. The van der Waals surface area contributed by atoms with Gasteiger partial charge in [-0.25, -0.2) is 0 Å². The molecule has 0 saturated carbocycles. The fourth-order valence-electron chi connectivity index (χ4n) is 3.13. The third kappa shape index (κ3) is 3.45. The van der Waals surface area contributed by atoms with Gasteiger partial charge in [0.05, 0.1) is 16.7 Å². The molecule has 1 aromatic heterocycles. The van der Waals surface area contributed by atoms with E-state index in [1.165, 1.54) is 0 Å². The maximum Gasteiger partial charge on any atom is 0.494 e. The van der Waals surface area contributed by atoms with E-state index in [0.717, 1.165) is 27.7 Å². The van der Waals surface area contributed by atoms with Crippen molar-refractivity contribution in [3.63, 3.8) is 0 Å². The molecule has 27 heavy (non-hydrogen) atoms. The number of hydrogen-bond acceptors (Lipinski definition) is 4.